The Hall–Kier alpha value is -1.69. The smallest absolute Gasteiger partial charge is 0.153 e. The van der Waals surface area contributed by atoms with Gasteiger partial charge in [0.25, 0.3) is 0 Å². The van der Waals surface area contributed by atoms with Crippen LogP contribution in [-0.2, 0) is 30.6 Å². The Kier molecular flexibility index (Phi) is 3.75. The van der Waals surface area contributed by atoms with E-state index in [1.54, 1.807) is 0 Å². The lowest BCUT2D eigenvalue weighted by molar-refractivity contribution is 0.162. The molecule has 6 heteroatoms. The molecule has 24 heavy (non-hydrogen) atoms. The van der Waals surface area contributed by atoms with Crippen LogP contribution in [0.25, 0.3) is 0 Å². The van der Waals surface area contributed by atoms with E-state index in [2.05, 4.69) is 52.1 Å². The molecule has 0 amide bonds. The summed E-state index contributed by atoms with van der Waals surface area (Å²) in [6.07, 6.45) is 11.2. The Morgan fingerprint density at radius 2 is 2.00 bits per heavy atom. The van der Waals surface area contributed by atoms with Crippen molar-refractivity contribution in [2.45, 2.75) is 83.5 Å². The van der Waals surface area contributed by atoms with Crippen LogP contribution in [0.2, 0.25) is 0 Å². The molecule has 1 fully saturated rings. The van der Waals surface area contributed by atoms with Gasteiger partial charge in [-0.15, -0.1) is 10.2 Å². The Bertz CT molecular complexity index is 716. The molecule has 6 nitrogen and oxygen atoms in total. The third-order valence-corrected chi connectivity index (χ3v) is 5.45. The fourth-order valence-corrected chi connectivity index (χ4v) is 3.76. The molecule has 130 valence electrons. The molecule has 1 aliphatic carbocycles. The zero-order valence-electron chi connectivity index (χ0n) is 15.0. The first-order valence-electron chi connectivity index (χ1n) is 9.20. The highest BCUT2D eigenvalue weighted by molar-refractivity contribution is 5.16. The molecule has 0 unspecified atom stereocenters. The number of nitrogens with zero attached hydrogens (tertiary/aromatic N) is 5. The van der Waals surface area contributed by atoms with Gasteiger partial charge in [0.1, 0.15) is 5.82 Å². The maximum Gasteiger partial charge on any atom is 0.153 e. The van der Waals surface area contributed by atoms with Gasteiger partial charge in [0.15, 0.2) is 5.82 Å². The van der Waals surface area contributed by atoms with E-state index in [0.29, 0.717) is 0 Å². The average molecular weight is 328 g/mol. The summed E-state index contributed by atoms with van der Waals surface area (Å²) in [5.74, 6) is 2.33. The molecule has 0 aromatic carbocycles. The van der Waals surface area contributed by atoms with Crippen molar-refractivity contribution in [3.8, 4) is 0 Å². The molecule has 2 aromatic heterocycles. The molecule has 2 aliphatic rings. The van der Waals surface area contributed by atoms with Gasteiger partial charge in [0.05, 0.1) is 17.3 Å². The molecule has 0 atom stereocenters. The van der Waals surface area contributed by atoms with Crippen LogP contribution < -0.4 is 5.32 Å². The highest BCUT2D eigenvalue weighted by atomic mass is 15.3. The monoisotopic (exact) mass is 328 g/mol. The summed E-state index contributed by atoms with van der Waals surface area (Å²) < 4.78 is 4.41. The van der Waals surface area contributed by atoms with Crippen LogP contribution in [-0.4, -0.2) is 24.5 Å². The first kappa shape index (κ1) is 15.8. The van der Waals surface area contributed by atoms with Crippen LogP contribution in [0.3, 0.4) is 0 Å². The van der Waals surface area contributed by atoms with Crippen LogP contribution in [0.4, 0.5) is 0 Å². The molecule has 0 saturated heterocycles. The van der Waals surface area contributed by atoms with Crippen molar-refractivity contribution in [1.29, 1.82) is 0 Å². The molecule has 1 aliphatic heterocycles. The number of nitrogens with one attached hydrogen (secondary N) is 1. The predicted octanol–water partition coefficient (Wildman–Crippen LogP) is 2.73. The quantitative estimate of drug-likeness (QED) is 0.937. The van der Waals surface area contributed by atoms with Crippen LogP contribution in [0.5, 0.6) is 0 Å². The third-order valence-electron chi connectivity index (χ3n) is 5.45. The number of aryl methyl sites for hydroxylation is 1. The minimum absolute atomic E-state index is 0.00637. The third kappa shape index (κ3) is 2.66. The lowest BCUT2D eigenvalue weighted by Gasteiger charge is -2.42. The summed E-state index contributed by atoms with van der Waals surface area (Å²) in [4.78, 5) is 0. The molecule has 3 heterocycles. The number of hydrogen-bond acceptors (Lipinski definition) is 4. The standard InChI is InChI=1S/C18H28N6/c1-17(2,3)24-13-14(12-20-24)11-19-18(8-6-9-18)16-22-21-15-7-4-5-10-23(15)16/h12-13,19H,4-11H2,1-3H3. The van der Waals surface area contributed by atoms with Crippen LogP contribution >= 0.6 is 0 Å². The molecule has 4 rings (SSSR count). The zero-order chi connectivity index (χ0) is 16.8. The molecule has 1 saturated carbocycles. The molecule has 0 radical (unpaired) electrons. The number of hydrogen-bond donors (Lipinski definition) is 1. The largest absolute Gasteiger partial charge is 0.313 e. The molecular formula is C18H28N6. The maximum absolute atomic E-state index is 4.58. The fraction of sp³-hybridized carbons (Fsp3) is 0.722. The molecule has 1 N–H and O–H groups in total. The summed E-state index contributed by atoms with van der Waals surface area (Å²) in [5.41, 5.74) is 1.26. The second kappa shape index (κ2) is 5.69. The van der Waals surface area contributed by atoms with Gasteiger partial charge in [-0.2, -0.15) is 5.10 Å². The highest BCUT2D eigenvalue weighted by Crippen LogP contribution is 2.41. The van der Waals surface area contributed by atoms with Gasteiger partial charge in [-0.05, 0) is 52.9 Å². The van der Waals surface area contributed by atoms with Gasteiger partial charge in [0.2, 0.25) is 0 Å². The zero-order valence-corrected chi connectivity index (χ0v) is 15.0. The van der Waals surface area contributed by atoms with E-state index in [1.807, 2.05) is 10.9 Å². The van der Waals surface area contributed by atoms with Crippen LogP contribution in [0, 0.1) is 0 Å². The number of rotatable bonds is 4. The van der Waals surface area contributed by atoms with E-state index in [4.69, 9.17) is 0 Å². The highest BCUT2D eigenvalue weighted by Gasteiger charge is 2.43. The number of fused-ring (bicyclic) bond motifs is 1. The van der Waals surface area contributed by atoms with E-state index < -0.39 is 0 Å². The molecular weight excluding hydrogens is 300 g/mol. The summed E-state index contributed by atoms with van der Waals surface area (Å²) in [6.45, 7) is 8.43. The minimum atomic E-state index is 0.00637. The normalized spacial score (nSPS) is 19.8. The summed E-state index contributed by atoms with van der Waals surface area (Å²) >= 11 is 0. The average Bonchev–Trinajstić information content (AvgIpc) is 3.13. The Balaban J connectivity index is 1.52. The van der Waals surface area contributed by atoms with Crippen molar-refractivity contribution < 1.29 is 0 Å². The van der Waals surface area contributed by atoms with Gasteiger partial charge < -0.3 is 9.88 Å². The van der Waals surface area contributed by atoms with E-state index in [9.17, 15) is 0 Å². The summed E-state index contributed by atoms with van der Waals surface area (Å²) in [5, 5.41) is 17.3. The topological polar surface area (TPSA) is 60.6 Å². The lowest BCUT2D eigenvalue weighted by atomic mass is 9.75. The van der Waals surface area contributed by atoms with E-state index >= 15 is 0 Å². The van der Waals surface area contributed by atoms with Gasteiger partial charge in [-0.3, -0.25) is 4.68 Å². The molecule has 2 aromatic rings. The second-order valence-electron chi connectivity index (χ2n) is 8.30. The van der Waals surface area contributed by atoms with Crippen molar-refractivity contribution in [2.75, 3.05) is 0 Å². The summed E-state index contributed by atoms with van der Waals surface area (Å²) in [6, 6.07) is 0. The van der Waals surface area contributed by atoms with Crippen molar-refractivity contribution in [3.05, 3.63) is 29.6 Å². The van der Waals surface area contributed by atoms with Gasteiger partial charge in [-0.25, -0.2) is 0 Å². The Morgan fingerprint density at radius 3 is 2.67 bits per heavy atom. The Morgan fingerprint density at radius 1 is 1.17 bits per heavy atom. The van der Waals surface area contributed by atoms with E-state index in [-0.39, 0.29) is 11.1 Å². The van der Waals surface area contributed by atoms with Gasteiger partial charge in [-0.1, -0.05) is 0 Å². The summed E-state index contributed by atoms with van der Waals surface area (Å²) in [7, 11) is 0. The van der Waals surface area contributed by atoms with E-state index in [0.717, 1.165) is 38.2 Å². The molecule has 0 spiro atoms. The maximum atomic E-state index is 4.58. The van der Waals surface area contributed by atoms with E-state index in [1.165, 1.54) is 30.7 Å². The molecule has 0 bridgehead atoms. The minimum Gasteiger partial charge on any atom is -0.313 e. The first-order valence-corrected chi connectivity index (χ1v) is 9.20. The van der Waals surface area contributed by atoms with Crippen molar-refractivity contribution >= 4 is 0 Å². The fourth-order valence-electron chi connectivity index (χ4n) is 3.76. The SMILES string of the molecule is CC(C)(C)n1cc(CNC2(c3nnc4n3CCCC4)CCC2)cn1. The predicted molar refractivity (Wildman–Crippen MR) is 92.6 cm³/mol. The van der Waals surface area contributed by atoms with Gasteiger partial charge >= 0.3 is 0 Å². The second-order valence-corrected chi connectivity index (χ2v) is 8.30. The van der Waals surface area contributed by atoms with Crippen LogP contribution in [0.15, 0.2) is 12.4 Å². The van der Waals surface area contributed by atoms with Crippen LogP contribution in [0.1, 0.15) is 70.1 Å². The van der Waals surface area contributed by atoms with Gasteiger partial charge in [0, 0.05) is 31.3 Å². The van der Waals surface area contributed by atoms with Crippen molar-refractivity contribution in [2.24, 2.45) is 0 Å². The Labute approximate surface area is 143 Å². The van der Waals surface area contributed by atoms with Crippen molar-refractivity contribution in [1.82, 2.24) is 29.9 Å². The number of aromatic nitrogens is 5. The first-order chi connectivity index (χ1) is 11.5. The van der Waals surface area contributed by atoms with Crippen molar-refractivity contribution in [3.63, 3.8) is 0 Å². The lowest BCUT2D eigenvalue weighted by Crippen LogP contribution is -2.49.